The number of rotatable bonds is 7. The number of hydrogen-bond donors (Lipinski definition) is 1. The number of fused-ring (bicyclic) bond motifs is 1. The van der Waals surface area contributed by atoms with Gasteiger partial charge in [-0.05, 0) is 42.0 Å². The van der Waals surface area contributed by atoms with Crippen LogP contribution in [0.4, 0.5) is 0 Å². The number of benzene rings is 1. The molecule has 2 aromatic rings. The number of nitrogens with one attached hydrogen (secondary N) is 1. The summed E-state index contributed by atoms with van der Waals surface area (Å²) in [5, 5.41) is 4.80. The fourth-order valence-electron chi connectivity index (χ4n) is 2.80. The summed E-state index contributed by atoms with van der Waals surface area (Å²) in [5.41, 5.74) is 0.736. The Morgan fingerprint density at radius 2 is 1.84 bits per heavy atom. The Morgan fingerprint density at radius 3 is 2.40 bits per heavy atom. The molecule has 0 radical (unpaired) electrons. The van der Waals surface area contributed by atoms with Gasteiger partial charge in [0, 0.05) is 4.88 Å². The average molecular weight is 374 g/mol. The summed E-state index contributed by atoms with van der Waals surface area (Å²) in [6.07, 6.45) is 2.37. The molecule has 0 saturated heterocycles. The molecule has 3 rings (SSSR count). The van der Waals surface area contributed by atoms with Crippen molar-refractivity contribution in [1.82, 2.24) is 10.2 Å². The van der Waals surface area contributed by atoms with E-state index in [1.54, 1.807) is 47.4 Å². The van der Waals surface area contributed by atoms with Crippen LogP contribution in [0.2, 0.25) is 0 Å². The number of carbonyl (C=O) groups excluding carboxylic acids is 3. The Balaban J connectivity index is 1.79. The third-order valence-corrected chi connectivity index (χ3v) is 5.57. The van der Waals surface area contributed by atoms with Gasteiger partial charge < -0.3 is 5.32 Å². The highest BCUT2D eigenvalue weighted by Crippen LogP contribution is 2.26. The zero-order valence-electron chi connectivity index (χ0n) is 13.7. The third kappa shape index (κ3) is 3.62. The van der Waals surface area contributed by atoms with E-state index in [0.29, 0.717) is 29.8 Å². The minimum Gasteiger partial charge on any atom is -0.349 e. The van der Waals surface area contributed by atoms with Crippen molar-refractivity contribution >= 4 is 40.8 Å². The van der Waals surface area contributed by atoms with Gasteiger partial charge in [-0.3, -0.25) is 19.3 Å². The monoisotopic (exact) mass is 374 g/mol. The van der Waals surface area contributed by atoms with Crippen molar-refractivity contribution in [2.75, 3.05) is 12.0 Å². The van der Waals surface area contributed by atoms with Gasteiger partial charge in [0.05, 0.1) is 17.7 Å². The van der Waals surface area contributed by atoms with Crippen LogP contribution >= 0.6 is 23.1 Å². The van der Waals surface area contributed by atoms with Gasteiger partial charge in [-0.1, -0.05) is 18.2 Å². The molecule has 2 heterocycles. The second-order valence-electron chi connectivity index (χ2n) is 5.62. The summed E-state index contributed by atoms with van der Waals surface area (Å²) in [6.45, 7) is 0.398. The van der Waals surface area contributed by atoms with Crippen LogP contribution in [0.5, 0.6) is 0 Å². The van der Waals surface area contributed by atoms with E-state index >= 15 is 0 Å². The van der Waals surface area contributed by atoms with Crippen LogP contribution in [0.1, 0.15) is 32.0 Å². The molecule has 0 unspecified atom stereocenters. The van der Waals surface area contributed by atoms with Gasteiger partial charge in [-0.2, -0.15) is 11.8 Å². The number of nitrogens with zero attached hydrogens (tertiary/aromatic N) is 1. The molecule has 1 atom stereocenters. The first kappa shape index (κ1) is 17.7. The molecule has 1 N–H and O–H groups in total. The van der Waals surface area contributed by atoms with Crippen molar-refractivity contribution in [1.29, 1.82) is 0 Å². The SMILES string of the molecule is CSCC[C@@H](C(=O)NCc1cccs1)N1C(=O)c2ccccc2C1=O. The molecule has 7 heteroatoms. The number of imide groups is 1. The summed E-state index contributed by atoms with van der Waals surface area (Å²) in [6, 6.07) is 9.77. The van der Waals surface area contributed by atoms with Crippen LogP contribution in [-0.2, 0) is 11.3 Å². The highest BCUT2D eigenvalue weighted by molar-refractivity contribution is 7.98. The molecule has 0 aliphatic carbocycles. The third-order valence-electron chi connectivity index (χ3n) is 4.05. The lowest BCUT2D eigenvalue weighted by atomic mass is 10.1. The molecule has 25 heavy (non-hydrogen) atoms. The van der Waals surface area contributed by atoms with Crippen LogP contribution in [0.3, 0.4) is 0 Å². The van der Waals surface area contributed by atoms with Crippen molar-refractivity contribution in [3.05, 3.63) is 57.8 Å². The first-order valence-electron chi connectivity index (χ1n) is 7.89. The van der Waals surface area contributed by atoms with Crippen LogP contribution in [-0.4, -0.2) is 40.7 Å². The van der Waals surface area contributed by atoms with Gasteiger partial charge in [0.25, 0.3) is 11.8 Å². The number of thioether (sulfide) groups is 1. The topological polar surface area (TPSA) is 66.5 Å². The quantitative estimate of drug-likeness (QED) is 0.757. The summed E-state index contributed by atoms with van der Waals surface area (Å²) in [7, 11) is 0. The zero-order valence-corrected chi connectivity index (χ0v) is 15.4. The van der Waals surface area contributed by atoms with E-state index in [-0.39, 0.29) is 5.91 Å². The van der Waals surface area contributed by atoms with Gasteiger partial charge in [-0.25, -0.2) is 0 Å². The minimum absolute atomic E-state index is 0.294. The van der Waals surface area contributed by atoms with E-state index in [2.05, 4.69) is 5.32 Å². The maximum absolute atomic E-state index is 12.7. The molecule has 1 aliphatic heterocycles. The van der Waals surface area contributed by atoms with E-state index in [9.17, 15) is 14.4 Å². The zero-order chi connectivity index (χ0) is 17.8. The van der Waals surface area contributed by atoms with E-state index in [0.717, 1.165) is 9.78 Å². The molecule has 1 aromatic carbocycles. The number of hydrogen-bond acceptors (Lipinski definition) is 5. The second-order valence-corrected chi connectivity index (χ2v) is 7.64. The maximum Gasteiger partial charge on any atom is 0.262 e. The Hall–Kier alpha value is -2.12. The number of carbonyl (C=O) groups is 3. The molecule has 5 nitrogen and oxygen atoms in total. The molecule has 1 aromatic heterocycles. The van der Waals surface area contributed by atoms with Crippen molar-refractivity contribution in [2.45, 2.75) is 19.0 Å². The molecule has 0 bridgehead atoms. The molecular weight excluding hydrogens is 356 g/mol. The normalized spacial score (nSPS) is 14.5. The summed E-state index contributed by atoms with van der Waals surface area (Å²) >= 11 is 3.13. The van der Waals surface area contributed by atoms with E-state index in [1.165, 1.54) is 0 Å². The Labute approximate surface area is 154 Å². The lowest BCUT2D eigenvalue weighted by molar-refractivity contribution is -0.125. The highest BCUT2D eigenvalue weighted by Gasteiger charge is 2.42. The molecule has 0 spiro atoms. The highest BCUT2D eigenvalue weighted by atomic mass is 32.2. The van der Waals surface area contributed by atoms with Crippen molar-refractivity contribution in [2.24, 2.45) is 0 Å². The van der Waals surface area contributed by atoms with E-state index in [4.69, 9.17) is 0 Å². The Kier molecular flexibility index (Phi) is 5.55. The molecule has 130 valence electrons. The van der Waals surface area contributed by atoms with Crippen LogP contribution < -0.4 is 5.32 Å². The van der Waals surface area contributed by atoms with Crippen LogP contribution in [0.25, 0.3) is 0 Å². The molecule has 3 amide bonds. The lowest BCUT2D eigenvalue weighted by Crippen LogP contribution is -2.49. The smallest absolute Gasteiger partial charge is 0.262 e. The fourth-order valence-corrected chi connectivity index (χ4v) is 3.91. The predicted octanol–water partition coefficient (Wildman–Crippen LogP) is 2.78. The maximum atomic E-state index is 12.7. The Morgan fingerprint density at radius 1 is 1.16 bits per heavy atom. The van der Waals surface area contributed by atoms with E-state index < -0.39 is 17.9 Å². The molecule has 1 aliphatic rings. The predicted molar refractivity (Wildman–Crippen MR) is 99.9 cm³/mol. The standard InChI is InChI=1S/C18H18N2O3S2/c1-24-10-8-15(16(21)19-11-12-5-4-9-25-12)20-17(22)13-6-2-3-7-14(13)18(20)23/h2-7,9,15H,8,10-11H2,1H3,(H,19,21)/t15-/m0/s1. The summed E-state index contributed by atoms with van der Waals surface area (Å²) in [4.78, 5) is 40.2. The van der Waals surface area contributed by atoms with Crippen molar-refractivity contribution in [3.8, 4) is 0 Å². The Bertz CT molecular complexity index is 754. The fraction of sp³-hybridized carbons (Fsp3) is 0.278. The number of thiophene rings is 1. The van der Waals surface area contributed by atoms with Gasteiger partial charge in [0.15, 0.2) is 0 Å². The largest absolute Gasteiger partial charge is 0.349 e. The van der Waals surface area contributed by atoms with Gasteiger partial charge in [0.2, 0.25) is 5.91 Å². The van der Waals surface area contributed by atoms with Gasteiger partial charge in [0.1, 0.15) is 6.04 Å². The average Bonchev–Trinajstić information content (AvgIpc) is 3.23. The van der Waals surface area contributed by atoms with Gasteiger partial charge >= 0.3 is 0 Å². The summed E-state index contributed by atoms with van der Waals surface area (Å²) in [5.74, 6) is -0.391. The van der Waals surface area contributed by atoms with Crippen LogP contribution in [0.15, 0.2) is 41.8 Å². The minimum atomic E-state index is -0.792. The van der Waals surface area contributed by atoms with Crippen molar-refractivity contribution in [3.63, 3.8) is 0 Å². The first-order chi connectivity index (χ1) is 12.1. The molecule has 0 fully saturated rings. The summed E-state index contributed by atoms with van der Waals surface area (Å²) < 4.78 is 0. The van der Waals surface area contributed by atoms with Crippen molar-refractivity contribution < 1.29 is 14.4 Å². The van der Waals surface area contributed by atoms with Gasteiger partial charge in [-0.15, -0.1) is 11.3 Å². The second kappa shape index (κ2) is 7.84. The first-order valence-corrected chi connectivity index (χ1v) is 10.2. The van der Waals surface area contributed by atoms with Crippen LogP contribution in [0, 0.1) is 0 Å². The number of amides is 3. The lowest BCUT2D eigenvalue weighted by Gasteiger charge is -2.25. The molecule has 0 saturated carbocycles. The molecular formula is C18H18N2O3S2. The van der Waals surface area contributed by atoms with E-state index in [1.807, 2.05) is 23.8 Å².